The minimum Gasteiger partial charge on any atom is -0.378 e. The van der Waals surface area contributed by atoms with Gasteiger partial charge < -0.3 is 9.80 Å². The van der Waals surface area contributed by atoms with E-state index in [0.29, 0.717) is 0 Å². The highest BCUT2D eigenvalue weighted by Crippen LogP contribution is 2.48. The lowest BCUT2D eigenvalue weighted by atomic mass is 10.1. The van der Waals surface area contributed by atoms with Crippen molar-refractivity contribution in [1.29, 1.82) is 0 Å². The van der Waals surface area contributed by atoms with Crippen LogP contribution in [0.2, 0.25) is 0 Å². The summed E-state index contributed by atoms with van der Waals surface area (Å²) in [6.07, 6.45) is 8.42. The SMILES string of the molecule is CSc1ccc2c(c1)N(C/C=C1\CCCCN1C)c1ccccc1S2. The minimum atomic E-state index is 0.933. The summed E-state index contributed by atoms with van der Waals surface area (Å²) < 4.78 is 0. The lowest BCUT2D eigenvalue weighted by molar-refractivity contribution is 0.344. The molecule has 2 aromatic rings. The molecule has 0 bridgehead atoms. The van der Waals surface area contributed by atoms with Crippen molar-refractivity contribution in [3.8, 4) is 0 Å². The predicted octanol–water partition coefficient (Wildman–Crippen LogP) is 6.01. The fourth-order valence-corrected chi connectivity index (χ4v) is 5.09. The van der Waals surface area contributed by atoms with E-state index in [1.54, 1.807) is 0 Å². The molecule has 2 heterocycles. The molecule has 25 heavy (non-hydrogen) atoms. The van der Waals surface area contributed by atoms with Crippen LogP contribution in [0, 0.1) is 0 Å². The topological polar surface area (TPSA) is 6.48 Å². The quantitative estimate of drug-likeness (QED) is 0.612. The van der Waals surface area contributed by atoms with Gasteiger partial charge in [-0.2, -0.15) is 0 Å². The van der Waals surface area contributed by atoms with Gasteiger partial charge in [-0.3, -0.25) is 0 Å². The van der Waals surface area contributed by atoms with Gasteiger partial charge in [-0.25, -0.2) is 0 Å². The van der Waals surface area contributed by atoms with Crippen LogP contribution in [0.15, 0.2) is 68.9 Å². The van der Waals surface area contributed by atoms with Gasteiger partial charge in [0.25, 0.3) is 0 Å². The minimum absolute atomic E-state index is 0.933. The molecule has 4 heteroatoms. The average Bonchev–Trinajstić information content (AvgIpc) is 2.66. The smallest absolute Gasteiger partial charge is 0.0567 e. The number of para-hydroxylation sites is 1. The molecule has 2 aliphatic rings. The van der Waals surface area contributed by atoms with Gasteiger partial charge in [0.1, 0.15) is 0 Å². The molecule has 4 rings (SSSR count). The zero-order chi connectivity index (χ0) is 17.2. The molecule has 1 fully saturated rings. The van der Waals surface area contributed by atoms with E-state index in [2.05, 4.69) is 71.6 Å². The molecule has 0 aliphatic carbocycles. The van der Waals surface area contributed by atoms with Gasteiger partial charge in [-0.1, -0.05) is 23.9 Å². The first-order chi connectivity index (χ1) is 12.3. The van der Waals surface area contributed by atoms with E-state index >= 15 is 0 Å². The summed E-state index contributed by atoms with van der Waals surface area (Å²) >= 11 is 3.70. The fourth-order valence-electron chi connectivity index (χ4n) is 3.58. The number of fused-ring (bicyclic) bond motifs is 2. The Morgan fingerprint density at radius 2 is 1.92 bits per heavy atom. The van der Waals surface area contributed by atoms with Crippen LogP contribution in [0.1, 0.15) is 19.3 Å². The maximum Gasteiger partial charge on any atom is 0.0567 e. The number of piperidine rings is 1. The zero-order valence-electron chi connectivity index (χ0n) is 14.9. The number of rotatable bonds is 3. The highest BCUT2D eigenvalue weighted by Gasteiger charge is 2.23. The van der Waals surface area contributed by atoms with Crippen molar-refractivity contribution in [2.75, 3.05) is 31.3 Å². The van der Waals surface area contributed by atoms with E-state index < -0.39 is 0 Å². The molecule has 0 spiro atoms. The third-order valence-electron chi connectivity index (χ3n) is 5.01. The normalized spacial score (nSPS) is 18.2. The maximum absolute atomic E-state index is 2.48. The van der Waals surface area contributed by atoms with Gasteiger partial charge >= 0.3 is 0 Å². The molecule has 0 saturated carbocycles. The largest absolute Gasteiger partial charge is 0.378 e. The van der Waals surface area contributed by atoms with Gasteiger partial charge in [0.05, 0.1) is 11.4 Å². The Bertz CT molecular complexity index is 800. The summed E-state index contributed by atoms with van der Waals surface area (Å²) in [5, 5.41) is 0. The van der Waals surface area contributed by atoms with Gasteiger partial charge in [0.15, 0.2) is 0 Å². The number of benzene rings is 2. The maximum atomic E-state index is 2.48. The van der Waals surface area contributed by atoms with Crippen molar-refractivity contribution in [2.45, 2.75) is 33.9 Å². The molecular formula is C21H24N2S2. The second-order valence-corrected chi connectivity index (χ2v) is 8.55. The molecule has 0 amide bonds. The standard InChI is InChI=1S/C21H24N2S2/c1-22-13-6-5-7-16(22)12-14-23-18-8-3-4-9-20(18)25-21-11-10-17(24-2)15-19(21)23/h3-4,8-12,15H,5-7,13-14H2,1-2H3/b16-12+. The van der Waals surface area contributed by atoms with Crippen LogP contribution < -0.4 is 4.90 Å². The van der Waals surface area contributed by atoms with E-state index in [-0.39, 0.29) is 0 Å². The Balaban J connectivity index is 1.71. The molecule has 0 aromatic heterocycles. The van der Waals surface area contributed by atoms with Crippen molar-refractivity contribution in [1.82, 2.24) is 4.90 Å². The van der Waals surface area contributed by atoms with Gasteiger partial charge in [0.2, 0.25) is 0 Å². The molecule has 130 valence electrons. The fraction of sp³-hybridized carbons (Fsp3) is 0.333. The number of nitrogens with zero attached hydrogens (tertiary/aromatic N) is 2. The van der Waals surface area contributed by atoms with Crippen LogP contribution in [0.5, 0.6) is 0 Å². The van der Waals surface area contributed by atoms with Crippen LogP contribution in [-0.4, -0.2) is 31.3 Å². The van der Waals surface area contributed by atoms with Gasteiger partial charge in [0, 0.05) is 40.5 Å². The monoisotopic (exact) mass is 368 g/mol. The van der Waals surface area contributed by atoms with E-state index in [1.807, 2.05) is 23.5 Å². The van der Waals surface area contributed by atoms with Crippen LogP contribution in [0.4, 0.5) is 11.4 Å². The predicted molar refractivity (Wildman–Crippen MR) is 110 cm³/mol. The summed E-state index contributed by atoms with van der Waals surface area (Å²) in [6.45, 7) is 2.12. The first-order valence-corrected chi connectivity index (χ1v) is 10.9. The van der Waals surface area contributed by atoms with E-state index in [9.17, 15) is 0 Å². The zero-order valence-corrected chi connectivity index (χ0v) is 16.5. The summed E-state index contributed by atoms with van der Waals surface area (Å²) in [5.74, 6) is 0. The molecule has 0 N–H and O–H groups in total. The van der Waals surface area contributed by atoms with Crippen molar-refractivity contribution in [2.24, 2.45) is 0 Å². The Morgan fingerprint density at radius 1 is 1.08 bits per heavy atom. The van der Waals surface area contributed by atoms with Crippen molar-refractivity contribution < 1.29 is 0 Å². The average molecular weight is 369 g/mol. The van der Waals surface area contributed by atoms with E-state index in [0.717, 1.165) is 6.54 Å². The summed E-state index contributed by atoms with van der Waals surface area (Å²) in [7, 11) is 2.23. The molecule has 2 aliphatic heterocycles. The van der Waals surface area contributed by atoms with Gasteiger partial charge in [-0.15, -0.1) is 11.8 Å². The molecule has 1 saturated heterocycles. The van der Waals surface area contributed by atoms with Crippen molar-refractivity contribution >= 4 is 34.9 Å². The van der Waals surface area contributed by atoms with Gasteiger partial charge in [-0.05, 0) is 61.9 Å². The molecule has 2 aromatic carbocycles. The number of likely N-dealkylation sites (tertiary alicyclic amines) is 1. The van der Waals surface area contributed by atoms with Crippen LogP contribution in [0.3, 0.4) is 0 Å². The number of thioether (sulfide) groups is 1. The molecule has 0 unspecified atom stereocenters. The second kappa shape index (κ2) is 7.38. The van der Waals surface area contributed by atoms with Crippen LogP contribution in [0.25, 0.3) is 0 Å². The summed E-state index contributed by atoms with van der Waals surface area (Å²) in [6, 6.07) is 15.6. The third-order valence-corrected chi connectivity index (χ3v) is 6.86. The van der Waals surface area contributed by atoms with E-state index in [4.69, 9.17) is 0 Å². The first-order valence-electron chi connectivity index (χ1n) is 8.89. The van der Waals surface area contributed by atoms with E-state index in [1.165, 1.54) is 57.6 Å². The van der Waals surface area contributed by atoms with Crippen LogP contribution >= 0.6 is 23.5 Å². The lowest BCUT2D eigenvalue weighted by Gasteiger charge is -2.33. The Hall–Kier alpha value is -1.52. The number of anilines is 2. The van der Waals surface area contributed by atoms with Crippen molar-refractivity contribution in [3.05, 3.63) is 54.2 Å². The number of allylic oxidation sites excluding steroid dienone is 1. The number of hydrogen-bond donors (Lipinski definition) is 0. The highest BCUT2D eigenvalue weighted by molar-refractivity contribution is 8.00. The van der Waals surface area contributed by atoms with Crippen LogP contribution in [-0.2, 0) is 0 Å². The summed E-state index contributed by atoms with van der Waals surface area (Å²) in [4.78, 5) is 8.93. The lowest BCUT2D eigenvalue weighted by Crippen LogP contribution is -2.26. The molecule has 0 atom stereocenters. The third kappa shape index (κ3) is 3.42. The Kier molecular flexibility index (Phi) is 5.00. The second-order valence-electron chi connectivity index (χ2n) is 6.59. The highest BCUT2D eigenvalue weighted by atomic mass is 32.2. The number of hydrogen-bond acceptors (Lipinski definition) is 4. The molecular weight excluding hydrogens is 344 g/mol. The van der Waals surface area contributed by atoms with Crippen molar-refractivity contribution in [3.63, 3.8) is 0 Å². The summed E-state index contributed by atoms with van der Waals surface area (Å²) in [5.41, 5.74) is 4.16. The Labute approximate surface area is 159 Å². The first kappa shape index (κ1) is 16.9. The Morgan fingerprint density at radius 3 is 2.76 bits per heavy atom. The molecule has 0 radical (unpaired) electrons. The molecule has 2 nitrogen and oxygen atoms in total.